The molecule has 0 fully saturated rings. The van der Waals surface area contributed by atoms with Crippen molar-refractivity contribution in [3.8, 4) is 9.94 Å². The van der Waals surface area contributed by atoms with Crippen LogP contribution in [-0.2, 0) is 35.4 Å². The van der Waals surface area contributed by atoms with Gasteiger partial charge in [-0.25, -0.2) is 0 Å². The number of hydrogen-bond donors (Lipinski definition) is 0. The summed E-state index contributed by atoms with van der Waals surface area (Å²) in [4.78, 5) is 3.12. The van der Waals surface area contributed by atoms with Gasteiger partial charge in [-0.1, -0.05) is 0 Å². The van der Waals surface area contributed by atoms with Gasteiger partial charge in [-0.15, -0.1) is 0 Å². The van der Waals surface area contributed by atoms with Crippen LogP contribution in [0.2, 0.25) is 0 Å². The maximum Gasteiger partial charge on any atom is 0 e. The fraction of sp³-hybridized carbons (Fsp3) is 0. The van der Waals surface area contributed by atoms with Crippen molar-refractivity contribution in [3.63, 3.8) is 0 Å². The molecule has 0 atom stereocenters. The van der Waals surface area contributed by atoms with Gasteiger partial charge < -0.3 is 0 Å². The largest absolute Gasteiger partial charge is 0 e. The van der Waals surface area contributed by atoms with E-state index in [-0.39, 0.29) is 20.4 Å². The third kappa shape index (κ3) is 8.90. The van der Waals surface area contributed by atoms with Gasteiger partial charge in [-0.2, -0.15) is 0 Å². The summed E-state index contributed by atoms with van der Waals surface area (Å²) in [5.41, 5.74) is 0. The van der Waals surface area contributed by atoms with Crippen molar-refractivity contribution in [3.05, 3.63) is 0 Å². The van der Waals surface area contributed by atoms with Gasteiger partial charge >= 0.3 is 35.4 Å². The van der Waals surface area contributed by atoms with Crippen LogP contribution in [0.15, 0.2) is 0 Å². The van der Waals surface area contributed by atoms with Crippen LogP contribution in [0, 0.1) is 20.5 Å². The monoisotopic (exact) mass is 221 g/mol. The van der Waals surface area contributed by atoms with E-state index in [0.29, 0.717) is 15.0 Å². The Balaban J connectivity index is 0. The second-order valence-electron chi connectivity index (χ2n) is 0.210. The first-order valence-electron chi connectivity index (χ1n) is 0.749. The first kappa shape index (κ1) is 9.48. The Morgan fingerprint density at radius 2 is 1.50 bits per heavy atom. The Morgan fingerprint density at radius 3 is 1.50 bits per heavy atom. The minimum atomic E-state index is 0. The molecule has 4 heteroatoms. The van der Waals surface area contributed by atoms with E-state index in [1.165, 1.54) is 0 Å². The molecule has 0 saturated carbocycles. The van der Waals surface area contributed by atoms with Crippen LogP contribution in [0.5, 0.6) is 0 Å². The molecule has 39 valence electrons. The maximum atomic E-state index is 7.55. The summed E-state index contributed by atoms with van der Waals surface area (Å²) in [5.74, 6) is 0. The zero-order valence-electron chi connectivity index (χ0n) is 2.51. The summed E-state index contributed by atoms with van der Waals surface area (Å²) in [5, 5.41) is 15.1. The minimum absolute atomic E-state index is 0. The van der Waals surface area contributed by atoms with E-state index in [1.807, 2.05) is 0 Å². The Hall–Kier alpha value is 0.162. The van der Waals surface area contributed by atoms with Crippen molar-refractivity contribution in [2.45, 2.75) is 0 Å². The summed E-state index contributed by atoms with van der Waals surface area (Å²) in [7, 11) is 0. The Kier molecular flexibility index (Phi) is 14.1. The zero-order chi connectivity index (χ0) is 4.12. The van der Waals surface area contributed by atoms with Crippen LogP contribution in [0.1, 0.15) is 0 Å². The Bertz CT molecular complexity index is 76.7. The fourth-order valence-corrected chi connectivity index (χ4v) is 0.0622. The molecule has 0 bridgehead atoms. The molecule has 0 aromatic heterocycles. The third-order valence-corrected chi connectivity index (χ3v) is 0.278. The van der Waals surface area contributed by atoms with Crippen LogP contribution in [0.3, 0.4) is 0 Å². The minimum Gasteiger partial charge on any atom is 0 e. The van der Waals surface area contributed by atoms with Crippen LogP contribution in [-0.4, -0.2) is 0 Å². The molecule has 0 aliphatic carbocycles. The molecule has 0 aliphatic heterocycles. The molecule has 0 aromatic carbocycles. The van der Waals surface area contributed by atoms with Crippen LogP contribution in [0.25, 0.3) is 0 Å². The number of nitriles is 2. The molecule has 2 nitrogen and oxygen atoms in total. The summed E-state index contributed by atoms with van der Waals surface area (Å²) in [6, 6.07) is 0. The predicted molar refractivity (Wildman–Crippen MR) is 11.2 cm³/mol. The summed E-state index contributed by atoms with van der Waals surface area (Å²) in [6.07, 6.45) is 0. The quantitative estimate of drug-likeness (QED) is 0.543. The van der Waals surface area contributed by atoms with Gasteiger partial charge in [0.25, 0.3) is 0 Å². The van der Waals surface area contributed by atoms with Crippen molar-refractivity contribution in [2.24, 2.45) is 0 Å². The molecule has 0 radical (unpaired) electrons. The summed E-state index contributed by atoms with van der Waals surface area (Å²) >= 11 is 0.646. The normalized spacial score (nSPS) is 4.33. The van der Waals surface area contributed by atoms with Crippen LogP contribution in [0.4, 0.5) is 0 Å². The van der Waals surface area contributed by atoms with E-state index in [2.05, 4.69) is 0 Å². The molecule has 0 heterocycles. The Morgan fingerprint density at radius 1 is 1.17 bits per heavy atom. The second-order valence-corrected chi connectivity index (χ2v) is 0.867. The standard InChI is InChI=1S/2CN.Cu.Pd/c2*1-2;;. The average Bonchev–Trinajstić information content (AvgIpc) is 1.41. The van der Waals surface area contributed by atoms with Crippen molar-refractivity contribution in [1.82, 2.24) is 0 Å². The predicted octanol–water partition coefficient (Wildman–Crippen LogP) is 0.0286. The van der Waals surface area contributed by atoms with E-state index in [4.69, 9.17) is 10.5 Å². The molecule has 0 N–H and O–H groups in total. The molecule has 6 heavy (non-hydrogen) atoms. The van der Waals surface area contributed by atoms with Gasteiger partial charge in [0.1, 0.15) is 0 Å². The Labute approximate surface area is 55.9 Å². The van der Waals surface area contributed by atoms with Crippen LogP contribution < -0.4 is 0 Å². The SMILES string of the molecule is N#[C][Cu][C]#N.[Pd]. The van der Waals surface area contributed by atoms with Crippen molar-refractivity contribution in [2.75, 3.05) is 0 Å². The number of rotatable bonds is 0. The van der Waals surface area contributed by atoms with Crippen LogP contribution >= 0.6 is 0 Å². The van der Waals surface area contributed by atoms with E-state index >= 15 is 0 Å². The molecule has 0 unspecified atom stereocenters. The number of hydrogen-bond acceptors (Lipinski definition) is 2. The van der Waals surface area contributed by atoms with E-state index in [1.54, 1.807) is 9.94 Å². The zero-order valence-corrected chi connectivity index (χ0v) is 5.01. The first-order chi connectivity index (χ1) is 2.41. The maximum absolute atomic E-state index is 7.55. The van der Waals surface area contributed by atoms with Crippen molar-refractivity contribution in [1.29, 1.82) is 10.5 Å². The van der Waals surface area contributed by atoms with Gasteiger partial charge in [0.2, 0.25) is 0 Å². The molecular weight excluding hydrogens is 222 g/mol. The molecule has 0 rings (SSSR count). The van der Waals surface area contributed by atoms with Crippen molar-refractivity contribution < 1.29 is 35.4 Å². The molecular formula is C2CuN2Pd. The fourth-order valence-electron chi connectivity index (χ4n) is 0.0151. The molecule has 0 spiro atoms. The van der Waals surface area contributed by atoms with Gasteiger partial charge in [0.05, 0.1) is 0 Å². The van der Waals surface area contributed by atoms with Gasteiger partial charge in [-0.3, -0.25) is 0 Å². The van der Waals surface area contributed by atoms with E-state index < -0.39 is 0 Å². The molecule has 0 aliphatic rings. The summed E-state index contributed by atoms with van der Waals surface area (Å²) < 4.78 is 0. The van der Waals surface area contributed by atoms with Gasteiger partial charge in [0.15, 0.2) is 0 Å². The second kappa shape index (κ2) is 8.94. The molecule has 0 saturated heterocycles. The first-order valence-corrected chi connectivity index (χ1v) is 1.69. The third-order valence-electron chi connectivity index (χ3n) is 0.0674. The molecule has 0 aromatic rings. The van der Waals surface area contributed by atoms with Gasteiger partial charge in [0, 0.05) is 20.4 Å². The molecule has 0 amide bonds. The van der Waals surface area contributed by atoms with Gasteiger partial charge in [-0.05, 0) is 0 Å². The topological polar surface area (TPSA) is 47.6 Å². The van der Waals surface area contributed by atoms with E-state index in [0.717, 1.165) is 0 Å². The smallest absolute Gasteiger partial charge is 0 e. The van der Waals surface area contributed by atoms with Crippen molar-refractivity contribution >= 4 is 0 Å². The van der Waals surface area contributed by atoms with E-state index in [9.17, 15) is 0 Å². The average molecular weight is 222 g/mol. The number of nitrogens with zero attached hydrogens (tertiary/aromatic N) is 2. The summed E-state index contributed by atoms with van der Waals surface area (Å²) in [6.45, 7) is 0.